The Labute approximate surface area is 120 Å². The van der Waals surface area contributed by atoms with Crippen LogP contribution < -0.4 is 10.1 Å². The molecule has 0 aliphatic carbocycles. The van der Waals surface area contributed by atoms with Crippen LogP contribution in [0.2, 0.25) is 0 Å². The maximum Gasteiger partial charge on any atom is 0.118 e. The van der Waals surface area contributed by atoms with Crippen LogP contribution in [0.25, 0.3) is 0 Å². The summed E-state index contributed by atoms with van der Waals surface area (Å²) in [5.41, 5.74) is 2.46. The minimum atomic E-state index is 0.313. The maximum absolute atomic E-state index is 9.26. The van der Waals surface area contributed by atoms with Crippen LogP contribution in [0.15, 0.2) is 48.5 Å². The van der Waals surface area contributed by atoms with Gasteiger partial charge in [-0.05, 0) is 48.7 Å². The molecular formula is C17H21NO2. The van der Waals surface area contributed by atoms with Gasteiger partial charge in [0.2, 0.25) is 0 Å². The molecule has 2 aromatic carbocycles. The number of phenolic OH excluding ortho intramolecular Hbond substituents is 1. The van der Waals surface area contributed by atoms with Gasteiger partial charge in [-0.3, -0.25) is 0 Å². The van der Waals surface area contributed by atoms with Crippen LogP contribution >= 0.6 is 0 Å². The molecule has 1 atom stereocenters. The summed E-state index contributed by atoms with van der Waals surface area (Å²) in [4.78, 5) is 0. The van der Waals surface area contributed by atoms with Gasteiger partial charge >= 0.3 is 0 Å². The SMILES string of the molecule is COc1ccc(CNC(C)Cc2ccc(O)cc2)cc1. The topological polar surface area (TPSA) is 41.5 Å². The van der Waals surface area contributed by atoms with Crippen LogP contribution in [0.1, 0.15) is 18.1 Å². The van der Waals surface area contributed by atoms with Gasteiger partial charge in [-0.1, -0.05) is 24.3 Å². The number of rotatable bonds is 6. The first kappa shape index (κ1) is 14.4. The van der Waals surface area contributed by atoms with Gasteiger partial charge in [0.1, 0.15) is 11.5 Å². The third-order valence-corrected chi connectivity index (χ3v) is 3.29. The number of ether oxygens (including phenoxy) is 1. The van der Waals surface area contributed by atoms with Gasteiger partial charge in [0, 0.05) is 12.6 Å². The largest absolute Gasteiger partial charge is 0.508 e. The van der Waals surface area contributed by atoms with Crippen molar-refractivity contribution in [3.05, 3.63) is 59.7 Å². The van der Waals surface area contributed by atoms with E-state index < -0.39 is 0 Å². The zero-order valence-corrected chi connectivity index (χ0v) is 12.0. The lowest BCUT2D eigenvalue weighted by Crippen LogP contribution is -2.27. The summed E-state index contributed by atoms with van der Waals surface area (Å²) < 4.78 is 5.14. The van der Waals surface area contributed by atoms with Crippen LogP contribution in [0.3, 0.4) is 0 Å². The second-order valence-electron chi connectivity index (χ2n) is 5.00. The molecule has 0 saturated heterocycles. The average Bonchev–Trinajstić information content (AvgIpc) is 2.48. The van der Waals surface area contributed by atoms with E-state index in [0.29, 0.717) is 11.8 Å². The van der Waals surface area contributed by atoms with E-state index in [-0.39, 0.29) is 0 Å². The van der Waals surface area contributed by atoms with Crippen LogP contribution in [0.4, 0.5) is 0 Å². The number of phenols is 1. The Morgan fingerprint density at radius 1 is 1.00 bits per heavy atom. The summed E-state index contributed by atoms with van der Waals surface area (Å²) in [6, 6.07) is 15.8. The van der Waals surface area contributed by atoms with Crippen molar-refractivity contribution in [3.63, 3.8) is 0 Å². The molecule has 106 valence electrons. The minimum absolute atomic E-state index is 0.313. The molecule has 0 heterocycles. The van der Waals surface area contributed by atoms with Crippen molar-refractivity contribution >= 4 is 0 Å². The smallest absolute Gasteiger partial charge is 0.118 e. The third kappa shape index (κ3) is 4.28. The molecule has 0 aromatic heterocycles. The summed E-state index contributed by atoms with van der Waals surface area (Å²) in [7, 11) is 1.67. The van der Waals surface area contributed by atoms with Crippen LogP contribution in [0.5, 0.6) is 11.5 Å². The molecule has 2 rings (SSSR count). The second-order valence-corrected chi connectivity index (χ2v) is 5.00. The fraction of sp³-hybridized carbons (Fsp3) is 0.294. The monoisotopic (exact) mass is 271 g/mol. The zero-order valence-electron chi connectivity index (χ0n) is 12.0. The lowest BCUT2D eigenvalue weighted by atomic mass is 10.1. The number of nitrogens with one attached hydrogen (secondary N) is 1. The molecule has 0 bridgehead atoms. The Bertz CT molecular complexity index is 520. The van der Waals surface area contributed by atoms with Gasteiger partial charge in [-0.15, -0.1) is 0 Å². The molecule has 0 amide bonds. The highest BCUT2D eigenvalue weighted by Gasteiger charge is 2.03. The summed E-state index contributed by atoms with van der Waals surface area (Å²) in [5, 5.41) is 12.8. The van der Waals surface area contributed by atoms with E-state index in [1.165, 1.54) is 11.1 Å². The second kappa shape index (κ2) is 6.96. The molecule has 1 unspecified atom stereocenters. The van der Waals surface area contributed by atoms with Crippen LogP contribution in [-0.2, 0) is 13.0 Å². The lowest BCUT2D eigenvalue weighted by Gasteiger charge is -2.14. The molecule has 0 radical (unpaired) electrons. The number of benzene rings is 2. The van der Waals surface area contributed by atoms with E-state index in [4.69, 9.17) is 4.74 Å². The molecule has 3 heteroatoms. The number of aromatic hydroxyl groups is 1. The zero-order chi connectivity index (χ0) is 14.4. The molecular weight excluding hydrogens is 250 g/mol. The summed E-state index contributed by atoms with van der Waals surface area (Å²) in [6.07, 6.45) is 0.941. The van der Waals surface area contributed by atoms with E-state index in [2.05, 4.69) is 24.4 Å². The highest BCUT2D eigenvalue weighted by Crippen LogP contribution is 2.13. The van der Waals surface area contributed by atoms with Gasteiger partial charge in [0.15, 0.2) is 0 Å². The quantitative estimate of drug-likeness (QED) is 0.848. The highest BCUT2D eigenvalue weighted by molar-refractivity contribution is 5.28. The van der Waals surface area contributed by atoms with Crippen molar-refractivity contribution in [3.8, 4) is 11.5 Å². The molecule has 0 spiro atoms. The van der Waals surface area contributed by atoms with Crippen molar-refractivity contribution in [2.24, 2.45) is 0 Å². The van der Waals surface area contributed by atoms with E-state index in [0.717, 1.165) is 18.7 Å². The van der Waals surface area contributed by atoms with Crippen molar-refractivity contribution in [1.82, 2.24) is 5.32 Å². The minimum Gasteiger partial charge on any atom is -0.508 e. The molecule has 20 heavy (non-hydrogen) atoms. The fourth-order valence-corrected chi connectivity index (χ4v) is 2.09. The highest BCUT2D eigenvalue weighted by atomic mass is 16.5. The lowest BCUT2D eigenvalue weighted by molar-refractivity contribution is 0.414. The first-order valence-corrected chi connectivity index (χ1v) is 6.81. The number of methoxy groups -OCH3 is 1. The Balaban J connectivity index is 1.82. The van der Waals surface area contributed by atoms with E-state index in [1.54, 1.807) is 19.2 Å². The van der Waals surface area contributed by atoms with Gasteiger partial charge in [-0.2, -0.15) is 0 Å². The number of hydrogen-bond donors (Lipinski definition) is 2. The molecule has 0 aliphatic heterocycles. The van der Waals surface area contributed by atoms with Gasteiger partial charge in [0.25, 0.3) is 0 Å². The molecule has 0 fully saturated rings. The van der Waals surface area contributed by atoms with Gasteiger partial charge in [0.05, 0.1) is 7.11 Å². The van der Waals surface area contributed by atoms with Crippen molar-refractivity contribution in [1.29, 1.82) is 0 Å². The van der Waals surface area contributed by atoms with Crippen molar-refractivity contribution in [2.45, 2.75) is 25.9 Å². The van der Waals surface area contributed by atoms with Crippen molar-refractivity contribution < 1.29 is 9.84 Å². The molecule has 3 nitrogen and oxygen atoms in total. The molecule has 0 saturated carbocycles. The Morgan fingerprint density at radius 2 is 1.60 bits per heavy atom. The Hall–Kier alpha value is -2.00. The first-order chi connectivity index (χ1) is 9.67. The normalized spacial score (nSPS) is 12.1. The number of hydrogen-bond acceptors (Lipinski definition) is 3. The fourth-order valence-electron chi connectivity index (χ4n) is 2.09. The Morgan fingerprint density at radius 3 is 2.20 bits per heavy atom. The predicted molar refractivity (Wildman–Crippen MR) is 81.1 cm³/mol. The van der Waals surface area contributed by atoms with Crippen LogP contribution in [-0.4, -0.2) is 18.3 Å². The van der Waals surface area contributed by atoms with Crippen LogP contribution in [0, 0.1) is 0 Å². The average molecular weight is 271 g/mol. The Kier molecular flexibility index (Phi) is 5.02. The van der Waals surface area contributed by atoms with Gasteiger partial charge < -0.3 is 15.2 Å². The van der Waals surface area contributed by atoms with Gasteiger partial charge in [-0.25, -0.2) is 0 Å². The van der Waals surface area contributed by atoms with E-state index in [1.807, 2.05) is 24.3 Å². The first-order valence-electron chi connectivity index (χ1n) is 6.81. The third-order valence-electron chi connectivity index (χ3n) is 3.29. The predicted octanol–water partition coefficient (Wildman–Crippen LogP) is 3.12. The standard InChI is InChI=1S/C17H21NO2/c1-13(11-14-3-7-16(19)8-4-14)18-12-15-5-9-17(20-2)10-6-15/h3-10,13,18-19H,11-12H2,1-2H3. The maximum atomic E-state index is 9.26. The summed E-state index contributed by atoms with van der Waals surface area (Å²) in [5.74, 6) is 1.19. The molecule has 2 N–H and O–H groups in total. The van der Waals surface area contributed by atoms with E-state index in [9.17, 15) is 5.11 Å². The summed E-state index contributed by atoms with van der Waals surface area (Å²) in [6.45, 7) is 3.00. The van der Waals surface area contributed by atoms with E-state index >= 15 is 0 Å². The molecule has 0 aliphatic rings. The van der Waals surface area contributed by atoms with Crippen molar-refractivity contribution in [2.75, 3.05) is 7.11 Å². The molecule has 2 aromatic rings. The summed E-state index contributed by atoms with van der Waals surface area (Å²) >= 11 is 0.